The first-order chi connectivity index (χ1) is 12.2. The lowest BCUT2D eigenvalue weighted by Crippen LogP contribution is -2.16. The fourth-order valence-corrected chi connectivity index (χ4v) is 3.43. The van der Waals surface area contributed by atoms with Crippen molar-refractivity contribution in [2.45, 2.75) is 31.1 Å². The van der Waals surface area contributed by atoms with Gasteiger partial charge in [0.15, 0.2) is 11.5 Å². The largest absolute Gasteiger partial charge is 0.486 e. The Bertz CT molecular complexity index is 747. The van der Waals surface area contributed by atoms with Gasteiger partial charge in [-0.2, -0.15) is 0 Å². The number of hydrogen-bond donors (Lipinski definition) is 1. The summed E-state index contributed by atoms with van der Waals surface area (Å²) in [4.78, 5) is 13.3. The molecule has 1 heterocycles. The van der Waals surface area contributed by atoms with Crippen LogP contribution in [0.1, 0.15) is 31.7 Å². The summed E-state index contributed by atoms with van der Waals surface area (Å²) in [5, 5.41) is 3.04. The van der Waals surface area contributed by atoms with Crippen LogP contribution in [0.2, 0.25) is 0 Å². The summed E-state index contributed by atoms with van der Waals surface area (Å²) in [5.41, 5.74) is 2.09. The Morgan fingerprint density at radius 3 is 2.72 bits per heavy atom. The smallest absolute Gasteiger partial charge is 0.234 e. The maximum absolute atomic E-state index is 12.3. The van der Waals surface area contributed by atoms with Gasteiger partial charge < -0.3 is 14.8 Å². The molecule has 0 unspecified atom stereocenters. The predicted octanol–water partition coefficient (Wildman–Crippen LogP) is 4.70. The minimum absolute atomic E-state index is 0.00404. The maximum Gasteiger partial charge on any atom is 0.234 e. The first-order valence-corrected chi connectivity index (χ1v) is 9.57. The second-order valence-electron chi connectivity index (χ2n) is 6.04. The van der Waals surface area contributed by atoms with Gasteiger partial charge in [-0.25, -0.2) is 0 Å². The van der Waals surface area contributed by atoms with Gasteiger partial charge in [0.25, 0.3) is 0 Å². The van der Waals surface area contributed by atoms with Crippen molar-refractivity contribution in [1.29, 1.82) is 0 Å². The number of anilines is 1. The number of thioether (sulfide) groups is 1. The highest BCUT2D eigenvalue weighted by Gasteiger charge is 2.14. The standard InChI is InChI=1S/C20H23NO3S/c1-3-14(2)16-6-4-5-7-17(16)21-20(22)13-25-15-8-9-18-19(12-15)24-11-10-23-18/h4-9,12,14H,3,10-11,13H2,1-2H3,(H,21,22)/t14-/m1/s1. The third kappa shape index (κ3) is 4.48. The second kappa shape index (κ2) is 8.30. The summed E-state index contributed by atoms with van der Waals surface area (Å²) in [6.07, 6.45) is 1.04. The van der Waals surface area contributed by atoms with Gasteiger partial charge in [0.2, 0.25) is 5.91 Å². The molecule has 0 aromatic heterocycles. The van der Waals surface area contributed by atoms with Crippen LogP contribution < -0.4 is 14.8 Å². The summed E-state index contributed by atoms with van der Waals surface area (Å²) in [6, 6.07) is 13.8. The molecule has 1 N–H and O–H groups in total. The fraction of sp³-hybridized carbons (Fsp3) is 0.350. The van der Waals surface area contributed by atoms with E-state index < -0.39 is 0 Å². The number of amides is 1. The molecular formula is C20H23NO3S. The normalized spacial score (nSPS) is 14.0. The number of carbonyl (C=O) groups is 1. The Morgan fingerprint density at radius 1 is 1.16 bits per heavy atom. The van der Waals surface area contributed by atoms with Crippen LogP contribution in [-0.2, 0) is 4.79 Å². The van der Waals surface area contributed by atoms with Crippen molar-refractivity contribution in [2.75, 3.05) is 24.3 Å². The average molecular weight is 357 g/mol. The molecule has 0 saturated carbocycles. The molecule has 1 amide bonds. The molecule has 4 nitrogen and oxygen atoms in total. The quantitative estimate of drug-likeness (QED) is 0.761. The molecule has 3 rings (SSSR count). The molecule has 1 aliphatic rings. The third-order valence-corrected chi connectivity index (χ3v) is 5.26. The number of para-hydroxylation sites is 1. The minimum Gasteiger partial charge on any atom is -0.486 e. The average Bonchev–Trinajstić information content (AvgIpc) is 2.66. The summed E-state index contributed by atoms with van der Waals surface area (Å²) < 4.78 is 11.1. The minimum atomic E-state index is -0.00404. The predicted molar refractivity (Wildman–Crippen MR) is 102 cm³/mol. The summed E-state index contributed by atoms with van der Waals surface area (Å²) in [5.74, 6) is 2.29. The highest BCUT2D eigenvalue weighted by Crippen LogP contribution is 2.34. The van der Waals surface area contributed by atoms with E-state index in [9.17, 15) is 4.79 Å². The molecule has 5 heteroatoms. The van der Waals surface area contributed by atoms with Crippen LogP contribution in [0.25, 0.3) is 0 Å². The molecule has 132 valence electrons. The zero-order valence-corrected chi connectivity index (χ0v) is 15.4. The molecule has 0 aliphatic carbocycles. The molecular weight excluding hydrogens is 334 g/mol. The van der Waals surface area contributed by atoms with E-state index in [0.29, 0.717) is 24.9 Å². The van der Waals surface area contributed by atoms with E-state index in [1.54, 1.807) is 0 Å². The summed E-state index contributed by atoms with van der Waals surface area (Å²) in [7, 11) is 0. The molecule has 1 aliphatic heterocycles. The van der Waals surface area contributed by atoms with Gasteiger partial charge in [0.05, 0.1) is 5.75 Å². The molecule has 2 aromatic carbocycles. The summed E-state index contributed by atoms with van der Waals surface area (Å²) in [6.45, 7) is 5.47. The van der Waals surface area contributed by atoms with Gasteiger partial charge in [-0.05, 0) is 42.2 Å². The number of fused-ring (bicyclic) bond motifs is 1. The monoisotopic (exact) mass is 357 g/mol. The Kier molecular flexibility index (Phi) is 5.87. The van der Waals surface area contributed by atoms with Crippen molar-refractivity contribution in [3.8, 4) is 11.5 Å². The number of benzene rings is 2. The van der Waals surface area contributed by atoms with Crippen LogP contribution in [0.3, 0.4) is 0 Å². The number of hydrogen-bond acceptors (Lipinski definition) is 4. The summed E-state index contributed by atoms with van der Waals surface area (Å²) >= 11 is 1.49. The van der Waals surface area contributed by atoms with Gasteiger partial charge in [0, 0.05) is 10.6 Å². The zero-order valence-electron chi connectivity index (χ0n) is 14.6. The SMILES string of the molecule is CC[C@@H](C)c1ccccc1NC(=O)CSc1ccc2c(c1)OCCO2. The number of nitrogens with one attached hydrogen (secondary N) is 1. The van der Waals surface area contributed by atoms with Crippen molar-refractivity contribution in [3.63, 3.8) is 0 Å². The molecule has 0 spiro atoms. The van der Waals surface area contributed by atoms with E-state index >= 15 is 0 Å². The second-order valence-corrected chi connectivity index (χ2v) is 7.09. The van der Waals surface area contributed by atoms with Crippen molar-refractivity contribution in [3.05, 3.63) is 48.0 Å². The molecule has 0 saturated heterocycles. The first-order valence-electron chi connectivity index (χ1n) is 8.58. The molecule has 0 fully saturated rings. The Labute approximate surface area is 152 Å². The van der Waals surface area contributed by atoms with Crippen LogP contribution in [0, 0.1) is 0 Å². The van der Waals surface area contributed by atoms with Gasteiger partial charge in [-0.3, -0.25) is 4.79 Å². The Morgan fingerprint density at radius 2 is 1.92 bits per heavy atom. The van der Waals surface area contributed by atoms with E-state index in [-0.39, 0.29) is 5.91 Å². The lowest BCUT2D eigenvalue weighted by atomic mass is 9.97. The van der Waals surface area contributed by atoms with E-state index in [4.69, 9.17) is 9.47 Å². The Hall–Kier alpha value is -2.14. The molecule has 1 atom stereocenters. The van der Waals surface area contributed by atoms with Crippen molar-refractivity contribution < 1.29 is 14.3 Å². The van der Waals surface area contributed by atoms with Gasteiger partial charge >= 0.3 is 0 Å². The number of ether oxygens (including phenoxy) is 2. The van der Waals surface area contributed by atoms with E-state index in [2.05, 4.69) is 25.2 Å². The van der Waals surface area contributed by atoms with Crippen LogP contribution in [-0.4, -0.2) is 24.9 Å². The highest BCUT2D eigenvalue weighted by molar-refractivity contribution is 8.00. The van der Waals surface area contributed by atoms with E-state index in [1.165, 1.54) is 17.3 Å². The fourth-order valence-electron chi connectivity index (χ4n) is 2.71. The Balaban J connectivity index is 1.60. The first kappa shape index (κ1) is 17.7. The maximum atomic E-state index is 12.3. The number of rotatable bonds is 6. The van der Waals surface area contributed by atoms with E-state index in [0.717, 1.165) is 28.5 Å². The van der Waals surface area contributed by atoms with Crippen molar-refractivity contribution >= 4 is 23.4 Å². The van der Waals surface area contributed by atoms with Crippen LogP contribution in [0.4, 0.5) is 5.69 Å². The number of carbonyl (C=O) groups excluding carboxylic acids is 1. The van der Waals surface area contributed by atoms with Gasteiger partial charge in [0.1, 0.15) is 13.2 Å². The van der Waals surface area contributed by atoms with Crippen molar-refractivity contribution in [1.82, 2.24) is 0 Å². The molecule has 2 aromatic rings. The highest BCUT2D eigenvalue weighted by atomic mass is 32.2. The van der Waals surface area contributed by atoms with E-state index in [1.807, 2.05) is 36.4 Å². The van der Waals surface area contributed by atoms with Crippen LogP contribution >= 0.6 is 11.8 Å². The van der Waals surface area contributed by atoms with Crippen LogP contribution in [0.15, 0.2) is 47.4 Å². The third-order valence-electron chi connectivity index (χ3n) is 4.26. The lowest BCUT2D eigenvalue weighted by Gasteiger charge is -2.18. The van der Waals surface area contributed by atoms with Crippen LogP contribution in [0.5, 0.6) is 11.5 Å². The van der Waals surface area contributed by atoms with Gasteiger partial charge in [-0.1, -0.05) is 32.0 Å². The molecule has 0 radical (unpaired) electrons. The lowest BCUT2D eigenvalue weighted by molar-refractivity contribution is -0.113. The topological polar surface area (TPSA) is 47.6 Å². The zero-order chi connectivity index (χ0) is 17.6. The molecule has 25 heavy (non-hydrogen) atoms. The van der Waals surface area contributed by atoms with Crippen molar-refractivity contribution in [2.24, 2.45) is 0 Å². The molecule has 0 bridgehead atoms. The van der Waals surface area contributed by atoms with Gasteiger partial charge in [-0.15, -0.1) is 11.8 Å².